The smallest absolute Gasteiger partial charge is 0.259 e. The lowest BCUT2D eigenvalue weighted by Crippen LogP contribution is -2.27. The lowest BCUT2D eigenvalue weighted by atomic mass is 10.2. The fourth-order valence-corrected chi connectivity index (χ4v) is 1.22. The van der Waals surface area contributed by atoms with Crippen molar-refractivity contribution in [1.82, 2.24) is 4.90 Å². The van der Waals surface area contributed by atoms with Crippen LogP contribution in [0.25, 0.3) is 0 Å². The molecular weight excluding hydrogens is 244 g/mol. The summed E-state index contributed by atoms with van der Waals surface area (Å²) in [6.07, 6.45) is 0. The van der Waals surface area contributed by atoms with Crippen LogP contribution in [0.1, 0.15) is 13.8 Å². The standard InChI is InChI=1S/C14H20N2O3/c1-10(2)14(18)15-11-6-5-7-12(8-11)19-9-13(17)16(3)4/h5-8,10H,9H2,1-4H3,(H,15,18). The van der Waals surface area contributed by atoms with E-state index in [4.69, 9.17) is 4.74 Å². The first-order valence-corrected chi connectivity index (χ1v) is 6.14. The van der Waals surface area contributed by atoms with Crippen LogP contribution in [0, 0.1) is 5.92 Å². The van der Waals surface area contributed by atoms with E-state index in [9.17, 15) is 9.59 Å². The highest BCUT2D eigenvalue weighted by atomic mass is 16.5. The predicted octanol–water partition coefficient (Wildman–Crippen LogP) is 1.75. The first kappa shape index (κ1) is 15.0. The maximum Gasteiger partial charge on any atom is 0.259 e. The van der Waals surface area contributed by atoms with E-state index in [1.54, 1.807) is 38.4 Å². The molecule has 0 unspecified atom stereocenters. The van der Waals surface area contributed by atoms with Crippen LogP contribution in [-0.2, 0) is 9.59 Å². The van der Waals surface area contributed by atoms with Gasteiger partial charge in [-0.1, -0.05) is 19.9 Å². The van der Waals surface area contributed by atoms with E-state index >= 15 is 0 Å². The van der Waals surface area contributed by atoms with Gasteiger partial charge in [0.15, 0.2) is 6.61 Å². The van der Waals surface area contributed by atoms with Crippen LogP contribution in [0.4, 0.5) is 5.69 Å². The highest BCUT2D eigenvalue weighted by Crippen LogP contribution is 2.18. The van der Waals surface area contributed by atoms with Gasteiger partial charge in [0.1, 0.15) is 5.75 Å². The Balaban J connectivity index is 2.62. The second-order valence-electron chi connectivity index (χ2n) is 4.75. The molecular formula is C14H20N2O3. The van der Waals surface area contributed by atoms with Crippen LogP contribution in [0.15, 0.2) is 24.3 Å². The zero-order chi connectivity index (χ0) is 14.4. The highest BCUT2D eigenvalue weighted by molar-refractivity contribution is 5.92. The minimum absolute atomic E-state index is 0.0193. The lowest BCUT2D eigenvalue weighted by Gasteiger charge is -2.12. The van der Waals surface area contributed by atoms with Gasteiger partial charge in [0, 0.05) is 31.8 Å². The monoisotopic (exact) mass is 264 g/mol. The van der Waals surface area contributed by atoms with Crippen molar-refractivity contribution in [2.75, 3.05) is 26.0 Å². The van der Waals surface area contributed by atoms with E-state index < -0.39 is 0 Å². The van der Waals surface area contributed by atoms with Crippen molar-refractivity contribution < 1.29 is 14.3 Å². The predicted molar refractivity (Wildman–Crippen MR) is 74.1 cm³/mol. The van der Waals surface area contributed by atoms with Crippen molar-refractivity contribution in [1.29, 1.82) is 0 Å². The van der Waals surface area contributed by atoms with Crippen molar-refractivity contribution in [3.05, 3.63) is 24.3 Å². The molecule has 0 aromatic heterocycles. The summed E-state index contributed by atoms with van der Waals surface area (Å²) < 4.78 is 5.37. The van der Waals surface area contributed by atoms with Crippen molar-refractivity contribution in [2.24, 2.45) is 5.92 Å². The summed E-state index contributed by atoms with van der Waals surface area (Å²) in [5.41, 5.74) is 0.661. The Labute approximate surface area is 113 Å². The molecule has 0 aliphatic rings. The Bertz CT molecular complexity index is 456. The second kappa shape index (κ2) is 6.78. The summed E-state index contributed by atoms with van der Waals surface area (Å²) in [6, 6.07) is 6.99. The van der Waals surface area contributed by atoms with E-state index in [0.717, 1.165) is 0 Å². The Morgan fingerprint density at radius 1 is 1.32 bits per heavy atom. The molecule has 19 heavy (non-hydrogen) atoms. The summed E-state index contributed by atoms with van der Waals surface area (Å²) >= 11 is 0. The number of hydrogen-bond donors (Lipinski definition) is 1. The van der Waals surface area contributed by atoms with Gasteiger partial charge in [-0.15, -0.1) is 0 Å². The Hall–Kier alpha value is -2.04. The Kier molecular flexibility index (Phi) is 5.36. The number of anilines is 1. The summed E-state index contributed by atoms with van der Waals surface area (Å²) in [5.74, 6) is 0.301. The quantitative estimate of drug-likeness (QED) is 0.881. The van der Waals surface area contributed by atoms with Crippen molar-refractivity contribution in [3.63, 3.8) is 0 Å². The average Bonchev–Trinajstić information content (AvgIpc) is 2.36. The van der Waals surface area contributed by atoms with Gasteiger partial charge in [-0.25, -0.2) is 0 Å². The van der Waals surface area contributed by atoms with Crippen LogP contribution >= 0.6 is 0 Å². The summed E-state index contributed by atoms with van der Waals surface area (Å²) in [6.45, 7) is 3.63. The van der Waals surface area contributed by atoms with Gasteiger partial charge in [0.2, 0.25) is 5.91 Å². The minimum Gasteiger partial charge on any atom is -0.484 e. The van der Waals surface area contributed by atoms with Crippen LogP contribution in [0.5, 0.6) is 5.75 Å². The van der Waals surface area contributed by atoms with Crippen LogP contribution in [0.3, 0.4) is 0 Å². The fourth-order valence-electron chi connectivity index (χ4n) is 1.22. The molecule has 0 saturated heterocycles. The molecule has 0 bridgehead atoms. The number of carbonyl (C=O) groups excluding carboxylic acids is 2. The highest BCUT2D eigenvalue weighted by Gasteiger charge is 2.08. The van der Waals surface area contributed by atoms with E-state index in [0.29, 0.717) is 11.4 Å². The fraction of sp³-hybridized carbons (Fsp3) is 0.429. The molecule has 104 valence electrons. The van der Waals surface area contributed by atoms with Gasteiger partial charge in [0.05, 0.1) is 0 Å². The number of hydrogen-bond acceptors (Lipinski definition) is 3. The topological polar surface area (TPSA) is 58.6 Å². The number of rotatable bonds is 5. The molecule has 1 N–H and O–H groups in total. The van der Waals surface area contributed by atoms with Crippen molar-refractivity contribution in [3.8, 4) is 5.75 Å². The molecule has 0 radical (unpaired) electrons. The maximum atomic E-state index is 11.6. The molecule has 1 aromatic carbocycles. The number of ether oxygens (including phenoxy) is 1. The molecule has 0 heterocycles. The molecule has 5 heteroatoms. The van der Waals surface area contributed by atoms with Gasteiger partial charge < -0.3 is 15.0 Å². The maximum absolute atomic E-state index is 11.6. The van der Waals surface area contributed by atoms with Gasteiger partial charge in [-0.05, 0) is 12.1 Å². The molecule has 2 amide bonds. The largest absolute Gasteiger partial charge is 0.484 e. The van der Waals surface area contributed by atoms with Gasteiger partial charge >= 0.3 is 0 Å². The number of amides is 2. The Morgan fingerprint density at radius 3 is 2.58 bits per heavy atom. The molecule has 1 aromatic rings. The molecule has 1 rings (SSSR count). The molecule has 0 fully saturated rings. The number of nitrogens with one attached hydrogen (secondary N) is 1. The number of carbonyl (C=O) groups is 2. The summed E-state index contributed by atoms with van der Waals surface area (Å²) in [5, 5.41) is 2.78. The molecule has 0 aliphatic heterocycles. The van der Waals surface area contributed by atoms with Crippen molar-refractivity contribution in [2.45, 2.75) is 13.8 Å². The Morgan fingerprint density at radius 2 is 2.00 bits per heavy atom. The van der Waals surface area contributed by atoms with Crippen molar-refractivity contribution >= 4 is 17.5 Å². The third-order valence-corrected chi connectivity index (χ3v) is 2.49. The normalized spacial score (nSPS) is 10.2. The molecule has 0 spiro atoms. The second-order valence-corrected chi connectivity index (χ2v) is 4.75. The minimum atomic E-state index is -0.114. The van der Waals surface area contributed by atoms with Gasteiger partial charge in [-0.2, -0.15) is 0 Å². The van der Waals surface area contributed by atoms with E-state index in [2.05, 4.69) is 5.32 Å². The third kappa shape index (κ3) is 4.99. The molecule has 0 saturated carbocycles. The summed E-state index contributed by atoms with van der Waals surface area (Å²) in [4.78, 5) is 24.4. The van der Waals surface area contributed by atoms with Crippen LogP contribution in [-0.4, -0.2) is 37.4 Å². The van der Waals surface area contributed by atoms with Gasteiger partial charge in [0.25, 0.3) is 5.91 Å². The van der Waals surface area contributed by atoms with E-state index in [-0.39, 0.29) is 24.3 Å². The first-order chi connectivity index (χ1) is 8.90. The number of likely N-dealkylation sites (N-methyl/N-ethyl adjacent to an activating group) is 1. The van der Waals surface area contributed by atoms with E-state index in [1.165, 1.54) is 4.90 Å². The molecule has 5 nitrogen and oxygen atoms in total. The van der Waals surface area contributed by atoms with Crippen LogP contribution in [0.2, 0.25) is 0 Å². The summed E-state index contributed by atoms with van der Waals surface area (Å²) in [7, 11) is 3.34. The average molecular weight is 264 g/mol. The SMILES string of the molecule is CC(C)C(=O)Nc1cccc(OCC(=O)N(C)C)c1. The van der Waals surface area contributed by atoms with Gasteiger partial charge in [-0.3, -0.25) is 9.59 Å². The van der Waals surface area contributed by atoms with Crippen LogP contribution < -0.4 is 10.1 Å². The number of nitrogens with zero attached hydrogens (tertiary/aromatic N) is 1. The molecule has 0 aliphatic carbocycles. The van der Waals surface area contributed by atoms with E-state index in [1.807, 2.05) is 13.8 Å². The lowest BCUT2D eigenvalue weighted by molar-refractivity contribution is -0.130. The zero-order valence-electron chi connectivity index (χ0n) is 11.8. The zero-order valence-corrected chi connectivity index (χ0v) is 11.8. The number of benzene rings is 1. The third-order valence-electron chi connectivity index (χ3n) is 2.49. The first-order valence-electron chi connectivity index (χ1n) is 6.14. The molecule has 0 atom stereocenters.